The predicted molar refractivity (Wildman–Crippen MR) is 88.5 cm³/mol. The molecule has 0 aromatic heterocycles. The molecule has 2 rings (SSSR count). The largest absolute Gasteiger partial charge is 0.503 e. The third-order valence-corrected chi connectivity index (χ3v) is 3.29. The smallest absolute Gasteiger partial charge is 0.339 e. The number of nitrogens with zero attached hydrogens (tertiary/aromatic N) is 1. The number of amides is 2. The topological polar surface area (TPSA) is 83.0 Å². The maximum absolute atomic E-state index is 11.6. The molecule has 0 radical (unpaired) electrons. The Balaban J connectivity index is 1.98. The Morgan fingerprint density at radius 2 is 2.05 bits per heavy atom. The van der Waals surface area contributed by atoms with Crippen LogP contribution < -0.4 is 15.5 Å². The van der Waals surface area contributed by atoms with Gasteiger partial charge in [-0.1, -0.05) is 18.2 Å². The quantitative estimate of drug-likeness (QED) is 0.575. The Morgan fingerprint density at radius 1 is 1.32 bits per heavy atom. The van der Waals surface area contributed by atoms with Crippen LogP contribution in [0, 0.1) is 0 Å². The molecule has 0 spiro atoms. The molecule has 0 bridgehead atoms. The number of aromatic hydroxyl groups is 1. The number of ether oxygens (including phenoxy) is 1. The Bertz CT molecular complexity index is 690. The highest BCUT2D eigenvalue weighted by atomic mass is 79.9. The number of hydrazone groups is 1. The summed E-state index contributed by atoms with van der Waals surface area (Å²) < 4.78 is 5.51. The summed E-state index contributed by atoms with van der Waals surface area (Å²) in [5.74, 6) is 0.319. The van der Waals surface area contributed by atoms with E-state index < -0.39 is 6.03 Å². The van der Waals surface area contributed by atoms with Gasteiger partial charge in [0.1, 0.15) is 0 Å². The maximum atomic E-state index is 11.6. The van der Waals surface area contributed by atoms with E-state index >= 15 is 0 Å². The molecule has 0 fully saturated rings. The van der Waals surface area contributed by atoms with Crippen molar-refractivity contribution in [2.45, 2.75) is 0 Å². The molecule has 0 saturated heterocycles. The first-order valence-electron chi connectivity index (χ1n) is 6.31. The van der Waals surface area contributed by atoms with E-state index in [4.69, 9.17) is 4.74 Å². The summed E-state index contributed by atoms with van der Waals surface area (Å²) in [6.45, 7) is 0. The van der Waals surface area contributed by atoms with Crippen molar-refractivity contribution >= 4 is 33.9 Å². The van der Waals surface area contributed by atoms with E-state index in [9.17, 15) is 9.90 Å². The molecule has 0 heterocycles. The van der Waals surface area contributed by atoms with Crippen molar-refractivity contribution in [3.63, 3.8) is 0 Å². The lowest BCUT2D eigenvalue weighted by Gasteiger charge is -2.06. The number of benzene rings is 2. The number of hydrogen-bond acceptors (Lipinski definition) is 4. The standard InChI is InChI=1S/C15H14BrN3O3/c1-22-13-8-10(7-12(16)14(13)20)9-17-19-15(21)18-11-5-3-2-4-6-11/h2-9,20H,1H3,(H2,18,19,21). The average Bonchev–Trinajstić information content (AvgIpc) is 2.51. The van der Waals surface area contributed by atoms with Crippen LogP contribution in [0.1, 0.15) is 5.56 Å². The molecule has 2 amide bonds. The van der Waals surface area contributed by atoms with Crippen molar-refractivity contribution in [1.82, 2.24) is 5.43 Å². The van der Waals surface area contributed by atoms with Crippen molar-refractivity contribution in [3.8, 4) is 11.5 Å². The van der Waals surface area contributed by atoms with Crippen LogP contribution in [0.15, 0.2) is 52.0 Å². The van der Waals surface area contributed by atoms with E-state index in [1.165, 1.54) is 13.3 Å². The molecule has 0 aliphatic rings. The number of urea groups is 1. The number of anilines is 1. The summed E-state index contributed by atoms with van der Waals surface area (Å²) >= 11 is 3.21. The normalized spacial score (nSPS) is 10.5. The second kappa shape index (κ2) is 7.46. The van der Waals surface area contributed by atoms with Crippen molar-refractivity contribution in [1.29, 1.82) is 0 Å². The van der Waals surface area contributed by atoms with E-state index in [-0.39, 0.29) is 5.75 Å². The van der Waals surface area contributed by atoms with Crippen LogP contribution in [0.2, 0.25) is 0 Å². The monoisotopic (exact) mass is 363 g/mol. The molecular formula is C15H14BrN3O3. The fraction of sp³-hybridized carbons (Fsp3) is 0.0667. The molecular weight excluding hydrogens is 350 g/mol. The Kier molecular flexibility index (Phi) is 5.37. The first-order valence-corrected chi connectivity index (χ1v) is 7.11. The molecule has 114 valence electrons. The van der Waals surface area contributed by atoms with Crippen LogP contribution >= 0.6 is 15.9 Å². The minimum Gasteiger partial charge on any atom is -0.503 e. The molecule has 0 atom stereocenters. The molecule has 7 heteroatoms. The fourth-order valence-corrected chi connectivity index (χ4v) is 2.13. The van der Waals surface area contributed by atoms with E-state index in [2.05, 4.69) is 31.8 Å². The lowest BCUT2D eigenvalue weighted by atomic mass is 10.2. The third kappa shape index (κ3) is 4.23. The Morgan fingerprint density at radius 3 is 2.73 bits per heavy atom. The molecule has 2 aromatic rings. The van der Waals surface area contributed by atoms with Crippen molar-refractivity contribution < 1.29 is 14.6 Å². The Labute approximate surface area is 135 Å². The number of halogens is 1. The van der Waals surface area contributed by atoms with Crippen LogP contribution in [0.25, 0.3) is 0 Å². The zero-order valence-electron chi connectivity index (χ0n) is 11.7. The van der Waals surface area contributed by atoms with Crippen LogP contribution in [0.5, 0.6) is 11.5 Å². The molecule has 3 N–H and O–H groups in total. The lowest BCUT2D eigenvalue weighted by molar-refractivity contribution is 0.252. The third-order valence-electron chi connectivity index (χ3n) is 2.68. The van der Waals surface area contributed by atoms with E-state index in [1.54, 1.807) is 24.3 Å². The molecule has 2 aromatic carbocycles. The summed E-state index contributed by atoms with van der Waals surface area (Å²) in [5, 5.41) is 16.2. The lowest BCUT2D eigenvalue weighted by Crippen LogP contribution is -2.24. The van der Waals surface area contributed by atoms with Gasteiger partial charge in [-0.25, -0.2) is 10.2 Å². The van der Waals surface area contributed by atoms with Crippen LogP contribution in [-0.2, 0) is 0 Å². The minimum atomic E-state index is -0.452. The highest BCUT2D eigenvalue weighted by Gasteiger charge is 2.07. The zero-order chi connectivity index (χ0) is 15.9. The van der Waals surface area contributed by atoms with Gasteiger partial charge in [-0.05, 0) is 45.8 Å². The zero-order valence-corrected chi connectivity index (χ0v) is 13.3. The number of hydrogen-bond donors (Lipinski definition) is 3. The number of para-hydroxylation sites is 1. The molecule has 6 nitrogen and oxygen atoms in total. The van der Waals surface area contributed by atoms with E-state index in [0.717, 1.165) is 0 Å². The van der Waals surface area contributed by atoms with Gasteiger partial charge >= 0.3 is 6.03 Å². The number of carbonyl (C=O) groups is 1. The molecule has 0 saturated carbocycles. The number of phenols is 1. The number of methoxy groups -OCH3 is 1. The molecule has 0 aliphatic heterocycles. The summed E-state index contributed by atoms with van der Waals surface area (Å²) in [5.41, 5.74) is 3.68. The van der Waals surface area contributed by atoms with Gasteiger partial charge in [-0.15, -0.1) is 0 Å². The van der Waals surface area contributed by atoms with Crippen molar-refractivity contribution in [2.75, 3.05) is 12.4 Å². The van der Waals surface area contributed by atoms with Gasteiger partial charge in [0, 0.05) is 5.69 Å². The number of phenolic OH excluding ortho intramolecular Hbond substituents is 1. The summed E-state index contributed by atoms with van der Waals surface area (Å²) in [6.07, 6.45) is 1.44. The summed E-state index contributed by atoms with van der Waals surface area (Å²) in [4.78, 5) is 11.6. The van der Waals surface area contributed by atoms with Gasteiger partial charge in [0.05, 0.1) is 17.8 Å². The van der Waals surface area contributed by atoms with E-state index in [1.807, 2.05) is 18.2 Å². The first-order chi connectivity index (χ1) is 10.6. The molecule has 0 unspecified atom stereocenters. The van der Waals surface area contributed by atoms with Gasteiger partial charge in [0.2, 0.25) is 0 Å². The summed E-state index contributed by atoms with van der Waals surface area (Å²) in [6, 6.07) is 11.8. The average molecular weight is 364 g/mol. The number of nitrogens with one attached hydrogen (secondary N) is 2. The minimum absolute atomic E-state index is 0.00873. The molecule has 0 aliphatic carbocycles. The van der Waals surface area contributed by atoms with Crippen LogP contribution in [0.3, 0.4) is 0 Å². The van der Waals surface area contributed by atoms with Gasteiger partial charge in [0.25, 0.3) is 0 Å². The highest BCUT2D eigenvalue weighted by molar-refractivity contribution is 9.10. The highest BCUT2D eigenvalue weighted by Crippen LogP contribution is 2.34. The second-order valence-corrected chi connectivity index (χ2v) is 5.10. The fourth-order valence-electron chi connectivity index (χ4n) is 1.67. The van der Waals surface area contributed by atoms with Gasteiger partial charge in [0.15, 0.2) is 11.5 Å². The molecule has 22 heavy (non-hydrogen) atoms. The Hall–Kier alpha value is -2.54. The maximum Gasteiger partial charge on any atom is 0.339 e. The number of rotatable bonds is 4. The first kappa shape index (κ1) is 15.8. The van der Waals surface area contributed by atoms with Gasteiger partial charge in [-0.2, -0.15) is 5.10 Å². The number of carbonyl (C=O) groups excluding carboxylic acids is 1. The van der Waals surface area contributed by atoms with Crippen LogP contribution in [-0.4, -0.2) is 24.5 Å². The van der Waals surface area contributed by atoms with Crippen molar-refractivity contribution in [3.05, 3.63) is 52.5 Å². The summed E-state index contributed by atoms with van der Waals surface area (Å²) in [7, 11) is 1.45. The van der Waals surface area contributed by atoms with E-state index in [0.29, 0.717) is 21.5 Å². The predicted octanol–water partition coefficient (Wildman–Crippen LogP) is 3.32. The van der Waals surface area contributed by atoms with Crippen molar-refractivity contribution in [2.24, 2.45) is 5.10 Å². The second-order valence-electron chi connectivity index (χ2n) is 4.24. The van der Waals surface area contributed by atoms with Gasteiger partial charge in [-0.3, -0.25) is 0 Å². The van der Waals surface area contributed by atoms with Crippen LogP contribution in [0.4, 0.5) is 10.5 Å². The SMILES string of the molecule is COc1cc(C=NNC(=O)Nc2ccccc2)cc(Br)c1O. The van der Waals surface area contributed by atoms with Gasteiger partial charge < -0.3 is 15.2 Å².